The van der Waals surface area contributed by atoms with Gasteiger partial charge in [0.15, 0.2) is 11.0 Å². The van der Waals surface area contributed by atoms with Gasteiger partial charge in [0.2, 0.25) is 5.91 Å². The molecule has 1 saturated heterocycles. The van der Waals surface area contributed by atoms with Crippen LogP contribution in [0.5, 0.6) is 11.5 Å². The van der Waals surface area contributed by atoms with Gasteiger partial charge in [-0.15, -0.1) is 10.2 Å². The summed E-state index contributed by atoms with van der Waals surface area (Å²) >= 11 is 1.37. The van der Waals surface area contributed by atoms with Crippen molar-refractivity contribution >= 4 is 17.7 Å². The second-order valence-corrected chi connectivity index (χ2v) is 7.80. The van der Waals surface area contributed by atoms with Crippen LogP contribution in [0.1, 0.15) is 0 Å². The maximum Gasteiger partial charge on any atom is 0.233 e. The van der Waals surface area contributed by atoms with Crippen molar-refractivity contribution < 1.29 is 19.0 Å². The first-order chi connectivity index (χ1) is 15.2. The zero-order valence-corrected chi connectivity index (χ0v) is 18.3. The van der Waals surface area contributed by atoms with Gasteiger partial charge < -0.3 is 19.1 Å². The Kier molecular flexibility index (Phi) is 6.73. The molecular weight excluding hydrogens is 416 g/mol. The van der Waals surface area contributed by atoms with Crippen molar-refractivity contribution in [3.63, 3.8) is 0 Å². The molecular formula is C22H24N4O4S. The maximum atomic E-state index is 12.6. The molecule has 0 aliphatic carbocycles. The second kappa shape index (κ2) is 9.84. The van der Waals surface area contributed by atoms with Crippen molar-refractivity contribution in [1.29, 1.82) is 0 Å². The van der Waals surface area contributed by atoms with E-state index in [0.717, 1.165) is 11.3 Å². The van der Waals surface area contributed by atoms with Gasteiger partial charge in [-0.1, -0.05) is 30.0 Å². The number of aromatic nitrogens is 3. The first-order valence-electron chi connectivity index (χ1n) is 9.92. The fourth-order valence-corrected chi connectivity index (χ4v) is 4.18. The van der Waals surface area contributed by atoms with Crippen LogP contribution in [0.3, 0.4) is 0 Å². The molecule has 0 bridgehead atoms. The highest BCUT2D eigenvalue weighted by molar-refractivity contribution is 7.99. The van der Waals surface area contributed by atoms with Gasteiger partial charge in [0, 0.05) is 30.4 Å². The number of morpholine rings is 1. The summed E-state index contributed by atoms with van der Waals surface area (Å²) < 4.78 is 18.1. The molecule has 0 N–H and O–H groups in total. The average Bonchev–Trinajstić information content (AvgIpc) is 3.27. The molecule has 1 fully saturated rings. The molecule has 2 heterocycles. The molecule has 0 atom stereocenters. The molecule has 4 rings (SSSR count). The van der Waals surface area contributed by atoms with Crippen molar-refractivity contribution in [2.45, 2.75) is 5.16 Å². The van der Waals surface area contributed by atoms with Gasteiger partial charge in [0.05, 0.1) is 33.2 Å². The highest BCUT2D eigenvalue weighted by Gasteiger charge is 2.21. The monoisotopic (exact) mass is 440 g/mol. The van der Waals surface area contributed by atoms with Crippen molar-refractivity contribution in [2.24, 2.45) is 0 Å². The minimum atomic E-state index is 0.0699. The van der Waals surface area contributed by atoms with E-state index < -0.39 is 0 Å². The van der Waals surface area contributed by atoms with E-state index in [1.54, 1.807) is 14.2 Å². The number of nitrogens with zero attached hydrogens (tertiary/aromatic N) is 4. The number of thioether (sulfide) groups is 1. The van der Waals surface area contributed by atoms with E-state index in [4.69, 9.17) is 14.2 Å². The van der Waals surface area contributed by atoms with Crippen LogP contribution in [0.25, 0.3) is 17.1 Å². The van der Waals surface area contributed by atoms with Gasteiger partial charge in [0.1, 0.15) is 11.5 Å². The molecule has 31 heavy (non-hydrogen) atoms. The minimum Gasteiger partial charge on any atom is -0.497 e. The van der Waals surface area contributed by atoms with Crippen LogP contribution in [-0.4, -0.2) is 71.8 Å². The third-order valence-electron chi connectivity index (χ3n) is 4.95. The zero-order valence-electron chi connectivity index (χ0n) is 17.5. The van der Waals surface area contributed by atoms with Gasteiger partial charge in [-0.25, -0.2) is 0 Å². The average molecular weight is 441 g/mol. The molecule has 1 aliphatic rings. The lowest BCUT2D eigenvalue weighted by atomic mass is 10.2. The summed E-state index contributed by atoms with van der Waals surface area (Å²) in [5.41, 5.74) is 1.71. The molecule has 0 saturated carbocycles. The summed E-state index contributed by atoms with van der Waals surface area (Å²) in [4.78, 5) is 14.4. The summed E-state index contributed by atoms with van der Waals surface area (Å²) in [5, 5.41) is 9.48. The van der Waals surface area contributed by atoms with E-state index in [-0.39, 0.29) is 11.7 Å². The molecule has 8 nitrogen and oxygen atoms in total. The van der Waals surface area contributed by atoms with Crippen LogP contribution in [0.2, 0.25) is 0 Å². The number of carbonyl (C=O) groups is 1. The number of rotatable bonds is 7. The van der Waals surface area contributed by atoms with E-state index in [2.05, 4.69) is 10.2 Å². The fourth-order valence-electron chi connectivity index (χ4n) is 3.33. The summed E-state index contributed by atoms with van der Waals surface area (Å²) in [6.45, 7) is 2.41. The number of benzene rings is 2. The Hall–Kier alpha value is -3.04. The van der Waals surface area contributed by atoms with E-state index >= 15 is 0 Å². The fraction of sp³-hybridized carbons (Fsp3) is 0.318. The third kappa shape index (κ3) is 4.83. The highest BCUT2D eigenvalue weighted by Crippen LogP contribution is 2.32. The summed E-state index contributed by atoms with van der Waals surface area (Å²) in [6, 6.07) is 15.4. The molecule has 3 aromatic rings. The Morgan fingerprint density at radius 1 is 1.03 bits per heavy atom. The van der Waals surface area contributed by atoms with Crippen LogP contribution in [0.15, 0.2) is 53.7 Å². The Morgan fingerprint density at radius 2 is 1.71 bits per heavy atom. The predicted molar refractivity (Wildman–Crippen MR) is 118 cm³/mol. The molecule has 0 spiro atoms. The van der Waals surface area contributed by atoms with Crippen LogP contribution < -0.4 is 9.47 Å². The van der Waals surface area contributed by atoms with Crippen molar-refractivity contribution in [3.05, 3.63) is 48.5 Å². The lowest BCUT2D eigenvalue weighted by molar-refractivity contribution is -0.132. The minimum absolute atomic E-state index is 0.0699. The van der Waals surface area contributed by atoms with Crippen LogP contribution >= 0.6 is 11.8 Å². The van der Waals surface area contributed by atoms with Gasteiger partial charge in [-0.3, -0.25) is 9.36 Å². The first-order valence-corrected chi connectivity index (χ1v) is 10.9. The number of hydrogen-bond donors (Lipinski definition) is 0. The zero-order chi connectivity index (χ0) is 21.6. The molecule has 0 unspecified atom stereocenters. The first kappa shape index (κ1) is 21.2. The maximum absolute atomic E-state index is 12.6. The number of hydrogen-bond acceptors (Lipinski definition) is 7. The number of carbonyl (C=O) groups excluding carboxylic acids is 1. The number of para-hydroxylation sites is 1. The van der Waals surface area contributed by atoms with Crippen LogP contribution in [0.4, 0.5) is 0 Å². The molecule has 1 amide bonds. The van der Waals surface area contributed by atoms with Crippen LogP contribution in [-0.2, 0) is 9.53 Å². The quantitative estimate of drug-likeness (QED) is 0.523. The lowest BCUT2D eigenvalue weighted by Gasteiger charge is -2.26. The van der Waals surface area contributed by atoms with Gasteiger partial charge >= 0.3 is 0 Å². The van der Waals surface area contributed by atoms with Gasteiger partial charge in [0.25, 0.3) is 0 Å². The SMILES string of the molecule is COc1cc(OC)cc(-c2nnc(SCC(=O)N3CCOCC3)n2-c2ccccc2)c1. The Morgan fingerprint density at radius 3 is 2.35 bits per heavy atom. The summed E-state index contributed by atoms with van der Waals surface area (Å²) in [7, 11) is 3.22. The van der Waals surface area contributed by atoms with Crippen molar-refractivity contribution in [3.8, 4) is 28.6 Å². The molecule has 162 valence electrons. The molecule has 0 radical (unpaired) electrons. The highest BCUT2D eigenvalue weighted by atomic mass is 32.2. The molecule has 9 heteroatoms. The molecule has 1 aliphatic heterocycles. The smallest absolute Gasteiger partial charge is 0.233 e. The van der Waals surface area contributed by atoms with Gasteiger partial charge in [-0.2, -0.15) is 0 Å². The van der Waals surface area contributed by atoms with E-state index in [1.165, 1.54) is 11.8 Å². The number of methoxy groups -OCH3 is 2. The Balaban J connectivity index is 1.67. The third-order valence-corrected chi connectivity index (χ3v) is 5.86. The predicted octanol–water partition coefficient (Wildman–Crippen LogP) is 2.90. The summed E-state index contributed by atoms with van der Waals surface area (Å²) in [6.07, 6.45) is 0. The standard InChI is InChI=1S/C22H24N4O4S/c1-28-18-12-16(13-19(14-18)29-2)21-23-24-22(26(21)17-6-4-3-5-7-17)31-15-20(27)25-8-10-30-11-9-25/h3-7,12-14H,8-11,15H2,1-2H3. The Labute approximate surface area is 185 Å². The summed E-state index contributed by atoms with van der Waals surface area (Å²) in [5.74, 6) is 2.32. The second-order valence-electron chi connectivity index (χ2n) is 6.86. The van der Waals surface area contributed by atoms with E-state index in [9.17, 15) is 4.79 Å². The van der Waals surface area contributed by atoms with Crippen molar-refractivity contribution in [2.75, 3.05) is 46.3 Å². The number of amides is 1. The van der Waals surface area contributed by atoms with Crippen molar-refractivity contribution in [1.82, 2.24) is 19.7 Å². The van der Waals surface area contributed by atoms with Crippen LogP contribution in [0, 0.1) is 0 Å². The van der Waals surface area contributed by atoms with E-state index in [0.29, 0.717) is 48.8 Å². The lowest BCUT2D eigenvalue weighted by Crippen LogP contribution is -2.41. The molecule has 1 aromatic heterocycles. The normalized spacial score (nSPS) is 13.8. The molecule has 2 aromatic carbocycles. The Bertz CT molecular complexity index is 1010. The van der Waals surface area contributed by atoms with Gasteiger partial charge in [-0.05, 0) is 24.3 Å². The topological polar surface area (TPSA) is 78.7 Å². The number of ether oxygens (including phenoxy) is 3. The largest absolute Gasteiger partial charge is 0.497 e. The van der Waals surface area contributed by atoms with E-state index in [1.807, 2.05) is 58.0 Å².